The fourth-order valence-corrected chi connectivity index (χ4v) is 4.27. The van der Waals surface area contributed by atoms with Crippen molar-refractivity contribution in [2.45, 2.75) is 30.7 Å². The number of carbonyl (C=O) groups is 2. The maximum Gasteiger partial charge on any atom is 0.241 e. The number of nitrogens with one attached hydrogen (secondary N) is 1. The van der Waals surface area contributed by atoms with Crippen LogP contribution in [0.1, 0.15) is 19.8 Å². The third kappa shape index (κ3) is 5.24. The molecule has 0 saturated carbocycles. The lowest BCUT2D eigenvalue weighted by atomic mass is 10.2. The molecule has 2 aliphatic rings. The van der Waals surface area contributed by atoms with Crippen molar-refractivity contribution < 1.29 is 9.59 Å². The number of anilines is 1. The summed E-state index contributed by atoms with van der Waals surface area (Å²) in [5.74, 6) is 0.276. The number of benzene rings is 1. The van der Waals surface area contributed by atoms with E-state index < -0.39 is 0 Å². The van der Waals surface area contributed by atoms with Gasteiger partial charge in [0.15, 0.2) is 0 Å². The smallest absolute Gasteiger partial charge is 0.241 e. The molecule has 0 spiro atoms. The molecule has 0 bridgehead atoms. The number of likely N-dealkylation sites (tertiary alicyclic amines) is 1. The SMILES string of the molecule is CSc1ccccc1NC(=O)[C@@H](C)N1CCN(CC(=O)N2CCCC2)CC1. The highest BCUT2D eigenvalue weighted by molar-refractivity contribution is 7.98. The molecule has 0 radical (unpaired) electrons. The summed E-state index contributed by atoms with van der Waals surface area (Å²) in [5, 5.41) is 3.06. The van der Waals surface area contributed by atoms with Crippen LogP contribution in [0.2, 0.25) is 0 Å². The summed E-state index contributed by atoms with van der Waals surface area (Å²) in [6, 6.07) is 7.69. The number of carbonyl (C=O) groups excluding carboxylic acids is 2. The number of piperazine rings is 1. The number of thioether (sulfide) groups is 1. The van der Waals surface area contributed by atoms with Crippen molar-refractivity contribution in [3.63, 3.8) is 0 Å². The molecule has 1 N–H and O–H groups in total. The zero-order valence-corrected chi connectivity index (χ0v) is 17.1. The van der Waals surface area contributed by atoms with Gasteiger partial charge in [-0.3, -0.25) is 19.4 Å². The maximum absolute atomic E-state index is 12.7. The molecular formula is C20H30N4O2S. The van der Waals surface area contributed by atoms with Gasteiger partial charge >= 0.3 is 0 Å². The normalized spacial score (nSPS) is 19.9. The number of hydrogen-bond donors (Lipinski definition) is 1. The van der Waals surface area contributed by atoms with Gasteiger partial charge in [0.1, 0.15) is 0 Å². The second kappa shape index (κ2) is 9.57. The van der Waals surface area contributed by atoms with Crippen molar-refractivity contribution in [3.8, 4) is 0 Å². The zero-order chi connectivity index (χ0) is 19.2. The Labute approximate surface area is 166 Å². The second-order valence-electron chi connectivity index (χ2n) is 7.27. The first-order valence-corrected chi connectivity index (χ1v) is 11.0. The van der Waals surface area contributed by atoms with Crippen LogP contribution in [-0.2, 0) is 9.59 Å². The third-order valence-electron chi connectivity index (χ3n) is 5.52. The van der Waals surface area contributed by atoms with E-state index in [1.54, 1.807) is 11.8 Å². The summed E-state index contributed by atoms with van der Waals surface area (Å²) >= 11 is 1.63. The van der Waals surface area contributed by atoms with Crippen molar-refractivity contribution in [1.82, 2.24) is 14.7 Å². The third-order valence-corrected chi connectivity index (χ3v) is 6.31. The molecule has 7 heteroatoms. The quantitative estimate of drug-likeness (QED) is 0.753. The molecule has 148 valence electrons. The molecule has 2 saturated heterocycles. The Morgan fingerprint density at radius 1 is 1.07 bits per heavy atom. The molecule has 0 aromatic heterocycles. The summed E-state index contributed by atoms with van der Waals surface area (Å²) in [5.41, 5.74) is 0.872. The van der Waals surface area contributed by atoms with Gasteiger partial charge in [-0.1, -0.05) is 12.1 Å². The van der Waals surface area contributed by atoms with E-state index in [0.29, 0.717) is 6.54 Å². The fraction of sp³-hybridized carbons (Fsp3) is 0.600. The molecule has 3 rings (SSSR count). The molecule has 0 aliphatic carbocycles. The lowest BCUT2D eigenvalue weighted by Crippen LogP contribution is -2.54. The van der Waals surface area contributed by atoms with Gasteiger partial charge in [0, 0.05) is 44.2 Å². The molecule has 0 unspecified atom stereocenters. The van der Waals surface area contributed by atoms with E-state index in [4.69, 9.17) is 0 Å². The summed E-state index contributed by atoms with van der Waals surface area (Å²) in [4.78, 5) is 32.4. The fourth-order valence-electron chi connectivity index (χ4n) is 3.72. The summed E-state index contributed by atoms with van der Waals surface area (Å²) in [6.45, 7) is 7.58. The van der Waals surface area contributed by atoms with Gasteiger partial charge < -0.3 is 10.2 Å². The standard InChI is InChI=1S/C20H30N4O2S/c1-16(20(26)21-17-7-3-4-8-18(17)27-2)23-13-11-22(12-14-23)15-19(25)24-9-5-6-10-24/h3-4,7-8,16H,5-6,9-15H2,1-2H3,(H,21,26)/t16-/m1/s1. The Bertz CT molecular complexity index is 655. The topological polar surface area (TPSA) is 55.9 Å². The van der Waals surface area contributed by atoms with Crippen LogP contribution in [0, 0.1) is 0 Å². The summed E-state index contributed by atoms with van der Waals surface area (Å²) in [6.07, 6.45) is 4.27. The van der Waals surface area contributed by atoms with E-state index in [0.717, 1.165) is 62.7 Å². The van der Waals surface area contributed by atoms with Gasteiger partial charge in [-0.05, 0) is 38.2 Å². The first kappa shape index (κ1) is 20.2. The van der Waals surface area contributed by atoms with Crippen molar-refractivity contribution >= 4 is 29.3 Å². The Morgan fingerprint density at radius 3 is 2.41 bits per heavy atom. The highest BCUT2D eigenvalue weighted by atomic mass is 32.2. The van der Waals surface area contributed by atoms with Crippen LogP contribution in [0.25, 0.3) is 0 Å². The lowest BCUT2D eigenvalue weighted by molar-refractivity contribution is -0.132. The van der Waals surface area contributed by atoms with Crippen LogP contribution in [-0.4, -0.2) is 84.6 Å². The highest BCUT2D eigenvalue weighted by Gasteiger charge is 2.28. The molecule has 2 aliphatic heterocycles. The van der Waals surface area contributed by atoms with E-state index in [9.17, 15) is 9.59 Å². The number of rotatable bonds is 6. The number of nitrogens with zero attached hydrogens (tertiary/aromatic N) is 3. The van der Waals surface area contributed by atoms with E-state index in [1.165, 1.54) is 0 Å². The molecule has 2 amide bonds. The summed E-state index contributed by atoms with van der Waals surface area (Å²) < 4.78 is 0. The van der Waals surface area contributed by atoms with Crippen molar-refractivity contribution in [2.75, 3.05) is 57.4 Å². The Hall–Kier alpha value is -1.57. The van der Waals surface area contributed by atoms with Crippen molar-refractivity contribution in [3.05, 3.63) is 24.3 Å². The minimum atomic E-state index is -0.184. The van der Waals surface area contributed by atoms with E-state index in [2.05, 4.69) is 15.1 Å². The van der Waals surface area contributed by atoms with Gasteiger partial charge in [-0.15, -0.1) is 11.8 Å². The van der Waals surface area contributed by atoms with E-state index >= 15 is 0 Å². The van der Waals surface area contributed by atoms with Crippen LogP contribution >= 0.6 is 11.8 Å². The molecule has 2 heterocycles. The van der Waals surface area contributed by atoms with Gasteiger partial charge in [-0.2, -0.15) is 0 Å². The Morgan fingerprint density at radius 2 is 1.74 bits per heavy atom. The van der Waals surface area contributed by atoms with E-state index in [1.807, 2.05) is 42.3 Å². The van der Waals surface area contributed by atoms with Crippen LogP contribution in [0.4, 0.5) is 5.69 Å². The van der Waals surface area contributed by atoms with E-state index in [-0.39, 0.29) is 17.9 Å². The first-order valence-electron chi connectivity index (χ1n) is 9.76. The molecule has 1 atom stereocenters. The zero-order valence-electron chi connectivity index (χ0n) is 16.3. The van der Waals surface area contributed by atoms with Gasteiger partial charge in [0.05, 0.1) is 18.3 Å². The monoisotopic (exact) mass is 390 g/mol. The minimum Gasteiger partial charge on any atom is -0.342 e. The molecule has 6 nitrogen and oxygen atoms in total. The van der Waals surface area contributed by atoms with Crippen LogP contribution in [0.5, 0.6) is 0 Å². The Kier molecular flexibility index (Phi) is 7.15. The van der Waals surface area contributed by atoms with Crippen molar-refractivity contribution in [2.24, 2.45) is 0 Å². The molecule has 27 heavy (non-hydrogen) atoms. The Balaban J connectivity index is 1.46. The van der Waals surface area contributed by atoms with Crippen molar-refractivity contribution in [1.29, 1.82) is 0 Å². The second-order valence-corrected chi connectivity index (χ2v) is 8.11. The van der Waals surface area contributed by atoms with Gasteiger partial charge in [0.2, 0.25) is 11.8 Å². The largest absolute Gasteiger partial charge is 0.342 e. The maximum atomic E-state index is 12.7. The van der Waals surface area contributed by atoms with Gasteiger partial charge in [0.25, 0.3) is 0 Å². The molecule has 2 fully saturated rings. The predicted molar refractivity (Wildman–Crippen MR) is 110 cm³/mol. The molecule has 1 aromatic rings. The van der Waals surface area contributed by atoms with Crippen LogP contribution in [0.3, 0.4) is 0 Å². The molecule has 1 aromatic carbocycles. The first-order chi connectivity index (χ1) is 13.1. The number of amides is 2. The lowest BCUT2D eigenvalue weighted by Gasteiger charge is -2.37. The predicted octanol–water partition coefficient (Wildman–Crippen LogP) is 1.98. The van der Waals surface area contributed by atoms with Crippen LogP contribution in [0.15, 0.2) is 29.2 Å². The number of hydrogen-bond acceptors (Lipinski definition) is 5. The molecular weight excluding hydrogens is 360 g/mol. The van der Waals surface area contributed by atoms with Crippen LogP contribution < -0.4 is 5.32 Å². The van der Waals surface area contributed by atoms with Gasteiger partial charge in [-0.25, -0.2) is 0 Å². The average Bonchev–Trinajstić information content (AvgIpc) is 3.23. The summed E-state index contributed by atoms with van der Waals surface area (Å²) in [7, 11) is 0. The highest BCUT2D eigenvalue weighted by Crippen LogP contribution is 2.25. The minimum absolute atomic E-state index is 0.0260. The number of para-hydroxylation sites is 1. The average molecular weight is 391 g/mol.